The average Bonchev–Trinajstić information content (AvgIpc) is 2.95. The number of nitrogens with one attached hydrogen (secondary N) is 1. The number of aromatic nitrogens is 1. The Morgan fingerprint density at radius 3 is 1.84 bits per heavy atom. The van der Waals surface area contributed by atoms with Gasteiger partial charge in [-0.1, -0.05) is 66.7 Å². The molecule has 1 aliphatic rings. The number of piperazine rings is 1. The fraction of sp³-hybridized carbons (Fsp3) is 0.172. The van der Waals surface area contributed by atoms with Gasteiger partial charge in [-0.25, -0.2) is 8.42 Å². The van der Waals surface area contributed by atoms with E-state index in [0.29, 0.717) is 37.6 Å². The molecule has 1 N–H and O–H groups in total. The zero-order valence-electron chi connectivity index (χ0n) is 20.3. The van der Waals surface area contributed by atoms with Crippen molar-refractivity contribution >= 4 is 21.6 Å². The smallest absolute Gasteiger partial charge is 0.274 e. The Bertz CT molecular complexity index is 1380. The zero-order chi connectivity index (χ0) is 25.7. The predicted octanol–water partition coefficient (Wildman–Crippen LogP) is 4.43. The number of carbonyl (C=O) groups excluding carboxylic acids is 1. The number of hydrogen-bond donors (Lipinski definition) is 1. The van der Waals surface area contributed by atoms with Crippen LogP contribution in [-0.4, -0.2) is 54.7 Å². The highest BCUT2D eigenvalue weighted by Crippen LogP contribution is 2.30. The van der Waals surface area contributed by atoms with Crippen LogP contribution in [-0.2, 0) is 10.0 Å². The summed E-state index contributed by atoms with van der Waals surface area (Å²) in [6, 6.07) is 32.1. The number of nitrogens with zero attached hydrogens (tertiary/aromatic N) is 3. The molecule has 1 amide bonds. The van der Waals surface area contributed by atoms with Crippen molar-refractivity contribution < 1.29 is 13.2 Å². The highest BCUT2D eigenvalue weighted by Gasteiger charge is 2.32. The molecule has 1 aliphatic heterocycles. The number of rotatable bonds is 7. The van der Waals surface area contributed by atoms with E-state index in [9.17, 15) is 13.2 Å². The van der Waals surface area contributed by atoms with Crippen LogP contribution in [0.2, 0.25) is 0 Å². The third kappa shape index (κ3) is 5.61. The Morgan fingerprint density at radius 2 is 1.30 bits per heavy atom. The van der Waals surface area contributed by atoms with Crippen LogP contribution in [0, 0.1) is 0 Å². The lowest BCUT2D eigenvalue weighted by Crippen LogP contribution is -2.49. The molecule has 2 heterocycles. The van der Waals surface area contributed by atoms with E-state index >= 15 is 0 Å². The third-order valence-electron chi connectivity index (χ3n) is 6.52. The van der Waals surface area contributed by atoms with Crippen molar-refractivity contribution in [3.8, 4) is 0 Å². The molecule has 5 rings (SSSR count). The third-order valence-corrected chi connectivity index (χ3v) is 8.43. The highest BCUT2D eigenvalue weighted by molar-refractivity contribution is 7.89. The molecule has 1 fully saturated rings. The number of pyridine rings is 1. The van der Waals surface area contributed by atoms with Gasteiger partial charge in [-0.3, -0.25) is 14.7 Å². The number of amides is 1. The van der Waals surface area contributed by atoms with E-state index in [1.54, 1.807) is 36.5 Å². The number of benzene rings is 3. The summed E-state index contributed by atoms with van der Waals surface area (Å²) in [7, 11) is -3.66. The Labute approximate surface area is 217 Å². The van der Waals surface area contributed by atoms with Gasteiger partial charge in [0.25, 0.3) is 5.91 Å². The lowest BCUT2D eigenvalue weighted by Gasteiger charge is -2.39. The molecule has 3 aromatic carbocycles. The number of hydrogen-bond acceptors (Lipinski definition) is 5. The fourth-order valence-corrected chi connectivity index (χ4v) is 6.06. The molecule has 8 heteroatoms. The Balaban J connectivity index is 1.27. The Hall–Kier alpha value is -3.85. The van der Waals surface area contributed by atoms with Crippen molar-refractivity contribution in [1.82, 2.24) is 14.2 Å². The van der Waals surface area contributed by atoms with Crippen LogP contribution in [0.3, 0.4) is 0 Å². The first-order chi connectivity index (χ1) is 18.0. The first-order valence-electron chi connectivity index (χ1n) is 12.2. The summed E-state index contributed by atoms with van der Waals surface area (Å²) in [6.07, 6.45) is 1.55. The maximum absolute atomic E-state index is 13.4. The summed E-state index contributed by atoms with van der Waals surface area (Å²) in [5, 5.41) is 2.75. The zero-order valence-corrected chi connectivity index (χ0v) is 21.1. The van der Waals surface area contributed by atoms with Crippen LogP contribution in [0.15, 0.2) is 114 Å². The van der Waals surface area contributed by atoms with Gasteiger partial charge in [0, 0.05) is 38.1 Å². The first kappa shape index (κ1) is 24.8. The molecular weight excluding hydrogens is 484 g/mol. The van der Waals surface area contributed by atoms with Gasteiger partial charge in [0.05, 0.1) is 10.9 Å². The minimum atomic E-state index is -3.66. The van der Waals surface area contributed by atoms with Crippen LogP contribution in [0.25, 0.3) is 0 Å². The standard InChI is InChI=1S/C29H28N4O3S/c34-29(27-13-7-8-18-30-27)31-25-14-16-26(17-15-25)37(35,36)33-21-19-32(20-22-33)28(23-9-3-1-4-10-23)24-11-5-2-6-12-24/h1-18,28H,19-22H2,(H,31,34). The maximum Gasteiger partial charge on any atom is 0.274 e. The summed E-state index contributed by atoms with van der Waals surface area (Å²) in [5.41, 5.74) is 3.18. The Morgan fingerprint density at radius 1 is 0.730 bits per heavy atom. The number of carbonyl (C=O) groups is 1. The van der Waals surface area contributed by atoms with Gasteiger partial charge in [-0.05, 0) is 47.5 Å². The lowest BCUT2D eigenvalue weighted by molar-refractivity contribution is 0.102. The predicted molar refractivity (Wildman–Crippen MR) is 144 cm³/mol. The summed E-state index contributed by atoms with van der Waals surface area (Å²) in [4.78, 5) is 18.9. The van der Waals surface area contributed by atoms with Crippen molar-refractivity contribution in [1.29, 1.82) is 0 Å². The van der Waals surface area contributed by atoms with Gasteiger partial charge >= 0.3 is 0 Å². The molecule has 7 nitrogen and oxygen atoms in total. The normalized spacial score (nSPS) is 14.9. The second-order valence-corrected chi connectivity index (χ2v) is 10.8. The average molecular weight is 513 g/mol. The molecule has 1 aromatic heterocycles. The Kier molecular flexibility index (Phi) is 7.41. The monoisotopic (exact) mass is 512 g/mol. The van der Waals surface area contributed by atoms with Crippen molar-refractivity contribution in [2.75, 3.05) is 31.5 Å². The molecule has 0 spiro atoms. The van der Waals surface area contributed by atoms with Crippen molar-refractivity contribution in [2.24, 2.45) is 0 Å². The van der Waals surface area contributed by atoms with E-state index in [-0.39, 0.29) is 16.8 Å². The number of anilines is 1. The lowest BCUT2D eigenvalue weighted by atomic mass is 9.96. The second kappa shape index (κ2) is 11.0. The SMILES string of the molecule is O=C(Nc1ccc(S(=O)(=O)N2CCN(C(c3ccccc3)c3ccccc3)CC2)cc1)c1ccccn1. The van der Waals surface area contributed by atoms with Gasteiger partial charge in [-0.2, -0.15) is 4.31 Å². The maximum atomic E-state index is 13.4. The van der Waals surface area contributed by atoms with Gasteiger partial charge < -0.3 is 5.32 Å². The van der Waals surface area contributed by atoms with Crippen LogP contribution in [0.4, 0.5) is 5.69 Å². The first-order valence-corrected chi connectivity index (χ1v) is 13.6. The molecule has 0 saturated carbocycles. The summed E-state index contributed by atoms with van der Waals surface area (Å²) in [5.74, 6) is -0.348. The molecule has 4 aromatic rings. The van der Waals surface area contributed by atoms with E-state index < -0.39 is 10.0 Å². The van der Waals surface area contributed by atoms with Crippen molar-refractivity contribution in [3.05, 3.63) is 126 Å². The van der Waals surface area contributed by atoms with Crippen molar-refractivity contribution in [3.63, 3.8) is 0 Å². The van der Waals surface area contributed by atoms with Gasteiger partial charge in [0.1, 0.15) is 5.69 Å². The minimum absolute atomic E-state index is 0.0641. The van der Waals surface area contributed by atoms with Gasteiger partial charge in [0.2, 0.25) is 10.0 Å². The van der Waals surface area contributed by atoms with E-state index in [0.717, 1.165) is 0 Å². The molecular formula is C29H28N4O3S. The van der Waals surface area contributed by atoms with Crippen molar-refractivity contribution in [2.45, 2.75) is 10.9 Å². The van der Waals surface area contributed by atoms with E-state index in [2.05, 4.69) is 39.5 Å². The van der Waals surface area contributed by atoms with Gasteiger partial charge in [0.15, 0.2) is 0 Å². The van der Waals surface area contributed by atoms with Crippen LogP contribution < -0.4 is 5.32 Å². The molecule has 188 valence electrons. The molecule has 37 heavy (non-hydrogen) atoms. The molecule has 0 unspecified atom stereocenters. The van der Waals surface area contributed by atoms with E-state index in [1.807, 2.05) is 36.4 Å². The summed E-state index contributed by atoms with van der Waals surface area (Å²) < 4.78 is 28.3. The minimum Gasteiger partial charge on any atom is -0.321 e. The quantitative estimate of drug-likeness (QED) is 0.396. The second-order valence-electron chi connectivity index (χ2n) is 8.86. The molecule has 0 atom stereocenters. The van der Waals surface area contributed by atoms with Crippen LogP contribution in [0.1, 0.15) is 27.7 Å². The summed E-state index contributed by atoms with van der Waals surface area (Å²) >= 11 is 0. The van der Waals surface area contributed by atoms with E-state index in [4.69, 9.17) is 0 Å². The topological polar surface area (TPSA) is 82.6 Å². The van der Waals surface area contributed by atoms with E-state index in [1.165, 1.54) is 27.6 Å². The molecule has 1 saturated heterocycles. The van der Waals surface area contributed by atoms with Crippen LogP contribution in [0.5, 0.6) is 0 Å². The molecule has 0 bridgehead atoms. The molecule has 0 radical (unpaired) electrons. The van der Waals surface area contributed by atoms with Crippen LogP contribution >= 0.6 is 0 Å². The highest BCUT2D eigenvalue weighted by atomic mass is 32.2. The largest absolute Gasteiger partial charge is 0.321 e. The van der Waals surface area contributed by atoms with Gasteiger partial charge in [-0.15, -0.1) is 0 Å². The number of sulfonamides is 1. The summed E-state index contributed by atoms with van der Waals surface area (Å²) in [6.45, 7) is 2.03. The molecule has 0 aliphatic carbocycles. The fourth-order valence-electron chi connectivity index (χ4n) is 4.64.